The maximum atomic E-state index is 11.9. The van der Waals surface area contributed by atoms with E-state index in [4.69, 9.17) is 22.1 Å². The second-order valence-corrected chi connectivity index (χ2v) is 5.33. The normalized spacial score (nSPS) is 10.2. The van der Waals surface area contributed by atoms with Crippen LogP contribution in [0.1, 0.15) is 15.9 Å². The number of esters is 1. The van der Waals surface area contributed by atoms with Gasteiger partial charge in [0.2, 0.25) is 0 Å². The van der Waals surface area contributed by atoms with Crippen molar-refractivity contribution in [2.45, 2.75) is 6.61 Å². The number of hydrogen-bond acceptors (Lipinski definition) is 3. The minimum atomic E-state index is -0.450. The van der Waals surface area contributed by atoms with E-state index >= 15 is 0 Å². The summed E-state index contributed by atoms with van der Waals surface area (Å²) in [7, 11) is 0. The maximum absolute atomic E-state index is 11.9. The fraction of sp³-hybridized carbons (Fsp3) is 0.0714. The Balaban J connectivity index is 2.05. The molecule has 2 aromatic carbocycles. The summed E-state index contributed by atoms with van der Waals surface area (Å²) in [5, 5.41) is 0.411. The topological polar surface area (TPSA) is 52.3 Å². The third-order valence-corrected chi connectivity index (χ3v) is 3.13. The Kier molecular flexibility index (Phi) is 4.45. The molecule has 0 unspecified atom stereocenters. The number of ether oxygens (including phenoxy) is 1. The van der Waals surface area contributed by atoms with Gasteiger partial charge in [0.25, 0.3) is 0 Å². The second-order valence-electron chi connectivity index (χ2n) is 3.98. The summed E-state index contributed by atoms with van der Waals surface area (Å²) >= 11 is 9.20. The molecule has 0 aliphatic rings. The van der Waals surface area contributed by atoms with Crippen LogP contribution in [-0.4, -0.2) is 5.97 Å². The number of anilines is 1. The van der Waals surface area contributed by atoms with Crippen LogP contribution in [0.5, 0.6) is 0 Å². The smallest absolute Gasteiger partial charge is 0.338 e. The Morgan fingerprint density at radius 3 is 2.74 bits per heavy atom. The zero-order valence-corrected chi connectivity index (χ0v) is 12.2. The van der Waals surface area contributed by atoms with Gasteiger partial charge in [-0.25, -0.2) is 4.79 Å². The van der Waals surface area contributed by atoms with Crippen LogP contribution < -0.4 is 5.73 Å². The number of hydrogen-bond donors (Lipinski definition) is 1. The molecule has 2 N–H and O–H groups in total. The minimum Gasteiger partial charge on any atom is -0.457 e. The fourth-order valence-electron chi connectivity index (χ4n) is 1.59. The highest BCUT2D eigenvalue weighted by atomic mass is 79.9. The molecule has 3 nitrogen and oxygen atoms in total. The number of nitrogens with two attached hydrogens (primary N) is 1. The molecule has 0 radical (unpaired) electrons. The van der Waals surface area contributed by atoms with E-state index in [1.165, 1.54) is 12.1 Å². The summed E-state index contributed by atoms with van der Waals surface area (Å²) < 4.78 is 6.14. The Hall–Kier alpha value is -1.52. The predicted octanol–water partition coefficient (Wildman–Crippen LogP) is 4.04. The van der Waals surface area contributed by atoms with Crippen LogP contribution in [0.2, 0.25) is 5.02 Å². The van der Waals surface area contributed by atoms with E-state index in [2.05, 4.69) is 15.9 Å². The van der Waals surface area contributed by atoms with Crippen LogP contribution in [0.3, 0.4) is 0 Å². The molecule has 0 fully saturated rings. The summed E-state index contributed by atoms with van der Waals surface area (Å²) in [4.78, 5) is 11.9. The largest absolute Gasteiger partial charge is 0.457 e. The second kappa shape index (κ2) is 6.08. The third kappa shape index (κ3) is 3.98. The van der Waals surface area contributed by atoms with E-state index in [9.17, 15) is 4.79 Å². The zero-order chi connectivity index (χ0) is 13.8. The van der Waals surface area contributed by atoms with E-state index in [1.54, 1.807) is 6.07 Å². The first kappa shape index (κ1) is 13.9. The first-order valence-corrected chi connectivity index (χ1v) is 6.69. The van der Waals surface area contributed by atoms with Crippen LogP contribution in [0.25, 0.3) is 0 Å². The average molecular weight is 341 g/mol. The lowest BCUT2D eigenvalue weighted by molar-refractivity contribution is 0.0472. The van der Waals surface area contributed by atoms with Crippen molar-refractivity contribution >= 4 is 39.2 Å². The van der Waals surface area contributed by atoms with Crippen molar-refractivity contribution in [1.82, 2.24) is 0 Å². The van der Waals surface area contributed by atoms with E-state index in [0.29, 0.717) is 16.3 Å². The van der Waals surface area contributed by atoms with Crippen molar-refractivity contribution in [2.75, 3.05) is 5.73 Å². The van der Waals surface area contributed by atoms with Gasteiger partial charge < -0.3 is 10.5 Å². The van der Waals surface area contributed by atoms with E-state index < -0.39 is 5.97 Å². The summed E-state index contributed by atoms with van der Waals surface area (Å²) in [6, 6.07) is 12.2. The molecule has 0 bridgehead atoms. The zero-order valence-electron chi connectivity index (χ0n) is 9.90. The van der Waals surface area contributed by atoms with E-state index in [0.717, 1.165) is 10.0 Å². The van der Waals surface area contributed by atoms with Gasteiger partial charge in [0.1, 0.15) is 6.61 Å². The monoisotopic (exact) mass is 339 g/mol. The van der Waals surface area contributed by atoms with Crippen molar-refractivity contribution < 1.29 is 9.53 Å². The summed E-state index contributed by atoms with van der Waals surface area (Å²) in [5.41, 5.74) is 7.31. The molecule has 0 heterocycles. The quantitative estimate of drug-likeness (QED) is 0.677. The van der Waals surface area contributed by atoms with Crippen LogP contribution in [0, 0.1) is 0 Å². The average Bonchev–Trinajstić information content (AvgIpc) is 2.35. The summed E-state index contributed by atoms with van der Waals surface area (Å²) in [5.74, 6) is -0.450. The number of carbonyl (C=O) groups is 1. The highest BCUT2D eigenvalue weighted by Crippen LogP contribution is 2.18. The van der Waals surface area contributed by atoms with Crippen molar-refractivity contribution in [3.8, 4) is 0 Å². The molecule has 0 aliphatic heterocycles. The van der Waals surface area contributed by atoms with Gasteiger partial charge in [0.15, 0.2) is 0 Å². The number of nitrogen functional groups attached to an aromatic ring is 1. The first-order valence-electron chi connectivity index (χ1n) is 5.52. The molecule has 0 atom stereocenters. The molecule has 0 amide bonds. The van der Waals surface area contributed by atoms with Crippen molar-refractivity contribution in [2.24, 2.45) is 0 Å². The molecule has 2 rings (SSSR count). The Labute approximate surface area is 124 Å². The van der Waals surface area contributed by atoms with Gasteiger partial charge in [0, 0.05) is 15.2 Å². The molecular formula is C14H11BrClNO2. The SMILES string of the molecule is Nc1cc(Cl)cc(C(=O)OCc2cccc(Br)c2)c1. The third-order valence-electron chi connectivity index (χ3n) is 2.41. The Bertz CT molecular complexity index is 596. The number of carbonyl (C=O) groups excluding carboxylic acids is 1. The first-order chi connectivity index (χ1) is 9.04. The lowest BCUT2D eigenvalue weighted by atomic mass is 10.2. The number of benzene rings is 2. The van der Waals surface area contributed by atoms with Gasteiger partial charge in [-0.3, -0.25) is 0 Å². The minimum absolute atomic E-state index is 0.199. The maximum Gasteiger partial charge on any atom is 0.338 e. The molecule has 5 heteroatoms. The molecule has 0 saturated heterocycles. The number of rotatable bonds is 3. The number of halogens is 2. The molecular weight excluding hydrogens is 330 g/mol. The molecule has 19 heavy (non-hydrogen) atoms. The van der Waals surface area contributed by atoms with Crippen LogP contribution in [0.4, 0.5) is 5.69 Å². The van der Waals surface area contributed by atoms with E-state index in [1.807, 2.05) is 24.3 Å². The standard InChI is InChI=1S/C14H11BrClNO2/c15-11-3-1-2-9(4-11)8-19-14(18)10-5-12(16)7-13(17)6-10/h1-7H,8,17H2. The Morgan fingerprint density at radius 1 is 1.26 bits per heavy atom. The van der Waals surface area contributed by atoms with Crippen molar-refractivity contribution in [1.29, 1.82) is 0 Å². The van der Waals surface area contributed by atoms with Crippen LogP contribution >= 0.6 is 27.5 Å². The molecule has 0 aliphatic carbocycles. The van der Waals surface area contributed by atoms with Crippen LogP contribution in [0.15, 0.2) is 46.9 Å². The van der Waals surface area contributed by atoms with Crippen LogP contribution in [-0.2, 0) is 11.3 Å². The Morgan fingerprint density at radius 2 is 2.05 bits per heavy atom. The molecule has 2 aromatic rings. The molecule has 0 aromatic heterocycles. The van der Waals surface area contributed by atoms with Crippen molar-refractivity contribution in [3.63, 3.8) is 0 Å². The van der Waals surface area contributed by atoms with Gasteiger partial charge in [-0.1, -0.05) is 39.7 Å². The van der Waals surface area contributed by atoms with Gasteiger partial charge in [-0.15, -0.1) is 0 Å². The summed E-state index contributed by atoms with van der Waals surface area (Å²) in [6.07, 6.45) is 0. The van der Waals surface area contributed by atoms with Gasteiger partial charge in [-0.2, -0.15) is 0 Å². The highest BCUT2D eigenvalue weighted by Gasteiger charge is 2.09. The van der Waals surface area contributed by atoms with Gasteiger partial charge in [0.05, 0.1) is 5.56 Å². The summed E-state index contributed by atoms with van der Waals surface area (Å²) in [6.45, 7) is 0.199. The lowest BCUT2D eigenvalue weighted by Crippen LogP contribution is -2.06. The highest BCUT2D eigenvalue weighted by molar-refractivity contribution is 9.10. The predicted molar refractivity (Wildman–Crippen MR) is 79.1 cm³/mol. The lowest BCUT2D eigenvalue weighted by Gasteiger charge is -2.06. The molecule has 0 saturated carbocycles. The van der Waals surface area contributed by atoms with Crippen molar-refractivity contribution in [3.05, 3.63) is 63.1 Å². The molecule has 98 valence electrons. The fourth-order valence-corrected chi connectivity index (χ4v) is 2.28. The van der Waals surface area contributed by atoms with E-state index in [-0.39, 0.29) is 6.61 Å². The van der Waals surface area contributed by atoms with Gasteiger partial charge >= 0.3 is 5.97 Å². The van der Waals surface area contributed by atoms with Gasteiger partial charge in [-0.05, 0) is 35.9 Å². The molecule has 0 spiro atoms.